The van der Waals surface area contributed by atoms with E-state index >= 15 is 0 Å². The van der Waals surface area contributed by atoms with Gasteiger partial charge in [0.1, 0.15) is 0 Å². The lowest BCUT2D eigenvalue weighted by atomic mass is 10.0. The van der Waals surface area contributed by atoms with Gasteiger partial charge in [0.05, 0.1) is 11.6 Å². The molecule has 0 saturated heterocycles. The van der Waals surface area contributed by atoms with Crippen LogP contribution >= 0.6 is 0 Å². The second-order valence-corrected chi connectivity index (χ2v) is 2.74. The van der Waals surface area contributed by atoms with Crippen molar-refractivity contribution < 1.29 is 0 Å². The van der Waals surface area contributed by atoms with Gasteiger partial charge in [-0.05, 0) is 37.1 Å². The van der Waals surface area contributed by atoms with Crippen molar-refractivity contribution in [2.75, 3.05) is 5.43 Å². The molecule has 62 valence electrons. The Kier molecular flexibility index (Phi) is 2.32. The van der Waals surface area contributed by atoms with E-state index in [1.54, 1.807) is 0 Å². The van der Waals surface area contributed by atoms with Crippen LogP contribution in [0.5, 0.6) is 0 Å². The zero-order valence-corrected chi connectivity index (χ0v) is 7.18. The van der Waals surface area contributed by atoms with Crippen molar-refractivity contribution in [2.24, 2.45) is 5.84 Å². The van der Waals surface area contributed by atoms with Crippen LogP contribution in [-0.4, -0.2) is 0 Å². The maximum Gasteiger partial charge on any atom is 0.0997 e. The van der Waals surface area contributed by atoms with Gasteiger partial charge in [-0.3, -0.25) is 5.84 Å². The van der Waals surface area contributed by atoms with Crippen LogP contribution in [-0.2, 0) is 0 Å². The van der Waals surface area contributed by atoms with Crippen LogP contribution in [0.15, 0.2) is 12.1 Å². The van der Waals surface area contributed by atoms with E-state index in [0.717, 1.165) is 22.4 Å². The summed E-state index contributed by atoms with van der Waals surface area (Å²) in [4.78, 5) is 0. The molecule has 0 fully saturated rings. The van der Waals surface area contributed by atoms with Gasteiger partial charge in [-0.15, -0.1) is 0 Å². The SMILES string of the molecule is Cc1cc(NN)cc(C)c1C#N. The molecular formula is C9H11N3. The summed E-state index contributed by atoms with van der Waals surface area (Å²) >= 11 is 0. The molecule has 12 heavy (non-hydrogen) atoms. The molecule has 0 radical (unpaired) electrons. The van der Waals surface area contributed by atoms with E-state index in [4.69, 9.17) is 11.1 Å². The van der Waals surface area contributed by atoms with Crippen molar-refractivity contribution in [2.45, 2.75) is 13.8 Å². The lowest BCUT2D eigenvalue weighted by Crippen LogP contribution is -2.07. The Hall–Kier alpha value is -1.53. The number of nitrogen functional groups attached to an aromatic ring is 1. The molecule has 0 unspecified atom stereocenters. The summed E-state index contributed by atoms with van der Waals surface area (Å²) in [6.45, 7) is 3.79. The molecule has 3 heteroatoms. The van der Waals surface area contributed by atoms with Gasteiger partial charge >= 0.3 is 0 Å². The lowest BCUT2D eigenvalue weighted by Gasteiger charge is -2.05. The van der Waals surface area contributed by atoms with E-state index in [1.807, 2.05) is 26.0 Å². The van der Waals surface area contributed by atoms with Crippen LogP contribution in [0, 0.1) is 25.2 Å². The molecule has 0 amide bonds. The van der Waals surface area contributed by atoms with E-state index in [9.17, 15) is 0 Å². The van der Waals surface area contributed by atoms with Crippen molar-refractivity contribution in [3.8, 4) is 6.07 Å². The van der Waals surface area contributed by atoms with Crippen LogP contribution in [0.2, 0.25) is 0 Å². The second-order valence-electron chi connectivity index (χ2n) is 2.74. The predicted octanol–water partition coefficient (Wildman–Crippen LogP) is 1.46. The molecule has 0 aromatic heterocycles. The first-order valence-corrected chi connectivity index (χ1v) is 3.67. The molecule has 0 bridgehead atoms. The summed E-state index contributed by atoms with van der Waals surface area (Å²) in [5.74, 6) is 5.25. The fraction of sp³-hybridized carbons (Fsp3) is 0.222. The van der Waals surface area contributed by atoms with Crippen LogP contribution in [0.1, 0.15) is 16.7 Å². The third-order valence-electron chi connectivity index (χ3n) is 1.81. The molecule has 0 atom stereocenters. The molecule has 3 nitrogen and oxygen atoms in total. The van der Waals surface area contributed by atoms with E-state index in [1.165, 1.54) is 0 Å². The molecule has 3 N–H and O–H groups in total. The van der Waals surface area contributed by atoms with Gasteiger partial charge in [0.15, 0.2) is 0 Å². The van der Waals surface area contributed by atoms with E-state index in [0.29, 0.717) is 0 Å². The molecule has 0 spiro atoms. The van der Waals surface area contributed by atoms with Crippen molar-refractivity contribution in [1.29, 1.82) is 5.26 Å². The quantitative estimate of drug-likeness (QED) is 0.484. The minimum atomic E-state index is 0.731. The van der Waals surface area contributed by atoms with Gasteiger partial charge < -0.3 is 5.43 Å². The Bertz CT molecular complexity index is 313. The zero-order valence-electron chi connectivity index (χ0n) is 7.18. The van der Waals surface area contributed by atoms with E-state index in [2.05, 4.69) is 11.5 Å². The van der Waals surface area contributed by atoms with Gasteiger partial charge in [-0.1, -0.05) is 0 Å². The maximum atomic E-state index is 8.76. The zero-order chi connectivity index (χ0) is 9.14. The van der Waals surface area contributed by atoms with Gasteiger partial charge in [-0.25, -0.2) is 0 Å². The first-order chi connectivity index (χ1) is 5.69. The number of benzene rings is 1. The molecule has 1 aromatic carbocycles. The number of hydrazine groups is 1. The number of aryl methyl sites for hydroxylation is 2. The Balaban J connectivity index is 3.30. The van der Waals surface area contributed by atoms with E-state index in [-0.39, 0.29) is 0 Å². The largest absolute Gasteiger partial charge is 0.324 e. The summed E-state index contributed by atoms with van der Waals surface area (Å²) in [6, 6.07) is 5.85. The maximum absolute atomic E-state index is 8.76. The third kappa shape index (κ3) is 1.39. The summed E-state index contributed by atoms with van der Waals surface area (Å²) in [7, 11) is 0. The Morgan fingerprint density at radius 2 is 1.83 bits per heavy atom. The number of nitrogens with zero attached hydrogens (tertiary/aromatic N) is 1. The minimum absolute atomic E-state index is 0.731. The smallest absolute Gasteiger partial charge is 0.0997 e. The minimum Gasteiger partial charge on any atom is -0.324 e. The van der Waals surface area contributed by atoms with Crippen LogP contribution < -0.4 is 11.3 Å². The normalized spacial score (nSPS) is 9.17. The van der Waals surface area contributed by atoms with Crippen molar-refractivity contribution >= 4 is 5.69 Å². The van der Waals surface area contributed by atoms with Gasteiger partial charge in [0, 0.05) is 5.69 Å². The first-order valence-electron chi connectivity index (χ1n) is 3.67. The highest BCUT2D eigenvalue weighted by molar-refractivity contribution is 5.55. The van der Waals surface area contributed by atoms with Crippen LogP contribution in [0.25, 0.3) is 0 Å². The number of hydrogen-bond donors (Lipinski definition) is 2. The lowest BCUT2D eigenvalue weighted by molar-refractivity contribution is 1.28. The third-order valence-corrected chi connectivity index (χ3v) is 1.81. The Labute approximate surface area is 71.8 Å². The molecule has 0 saturated carbocycles. The van der Waals surface area contributed by atoms with E-state index < -0.39 is 0 Å². The Morgan fingerprint density at radius 1 is 1.33 bits per heavy atom. The predicted molar refractivity (Wildman–Crippen MR) is 48.4 cm³/mol. The Morgan fingerprint density at radius 3 is 2.17 bits per heavy atom. The standard InChI is InChI=1S/C9H11N3/c1-6-3-8(12-11)4-7(2)9(6)5-10/h3-4,12H,11H2,1-2H3. The number of rotatable bonds is 1. The van der Waals surface area contributed by atoms with Crippen molar-refractivity contribution in [3.63, 3.8) is 0 Å². The fourth-order valence-corrected chi connectivity index (χ4v) is 1.22. The highest BCUT2D eigenvalue weighted by Gasteiger charge is 2.02. The molecule has 0 heterocycles. The number of anilines is 1. The summed E-state index contributed by atoms with van der Waals surface area (Å²) in [5, 5.41) is 8.76. The van der Waals surface area contributed by atoms with Gasteiger partial charge in [-0.2, -0.15) is 5.26 Å². The number of hydrogen-bond acceptors (Lipinski definition) is 3. The highest BCUT2D eigenvalue weighted by atomic mass is 15.2. The topological polar surface area (TPSA) is 61.8 Å². The molecule has 0 aliphatic heterocycles. The average Bonchev–Trinajstić information content (AvgIpc) is 2.03. The van der Waals surface area contributed by atoms with Gasteiger partial charge in [0.2, 0.25) is 0 Å². The second kappa shape index (κ2) is 3.24. The van der Waals surface area contributed by atoms with Crippen molar-refractivity contribution in [3.05, 3.63) is 28.8 Å². The number of nitriles is 1. The first kappa shape index (κ1) is 8.57. The van der Waals surface area contributed by atoms with Crippen LogP contribution in [0.3, 0.4) is 0 Å². The molecule has 0 aliphatic rings. The van der Waals surface area contributed by atoms with Crippen molar-refractivity contribution in [1.82, 2.24) is 0 Å². The molecule has 1 rings (SSSR count). The molecular weight excluding hydrogens is 150 g/mol. The summed E-state index contributed by atoms with van der Waals surface area (Å²) in [6.07, 6.45) is 0. The summed E-state index contributed by atoms with van der Waals surface area (Å²) < 4.78 is 0. The summed E-state index contributed by atoms with van der Waals surface area (Å²) in [5.41, 5.74) is 6.02. The molecule has 0 aliphatic carbocycles. The number of nitrogens with two attached hydrogens (primary N) is 1. The fourth-order valence-electron chi connectivity index (χ4n) is 1.22. The highest BCUT2D eigenvalue weighted by Crippen LogP contribution is 2.18. The average molecular weight is 161 g/mol. The van der Waals surface area contributed by atoms with Gasteiger partial charge in [0.25, 0.3) is 0 Å². The molecule has 1 aromatic rings. The monoisotopic (exact) mass is 161 g/mol. The number of nitrogens with one attached hydrogen (secondary N) is 1. The van der Waals surface area contributed by atoms with Crippen LogP contribution in [0.4, 0.5) is 5.69 Å².